The number of halogens is 1. The Labute approximate surface area is 168 Å². The van der Waals surface area contributed by atoms with Crippen molar-refractivity contribution >= 4 is 11.7 Å². The van der Waals surface area contributed by atoms with Gasteiger partial charge in [-0.05, 0) is 32.9 Å². The van der Waals surface area contributed by atoms with Gasteiger partial charge < -0.3 is 15.4 Å². The molecule has 152 valence electrons. The summed E-state index contributed by atoms with van der Waals surface area (Å²) in [5.74, 6) is 2.02. The third-order valence-electron chi connectivity index (χ3n) is 4.14. The largest absolute Gasteiger partial charge is 0.478 e. The van der Waals surface area contributed by atoms with Gasteiger partial charge in [-0.2, -0.15) is 0 Å². The quantitative estimate of drug-likeness (QED) is 0.566. The van der Waals surface area contributed by atoms with Crippen LogP contribution in [0.1, 0.15) is 18.6 Å². The zero-order valence-corrected chi connectivity index (χ0v) is 16.5. The minimum Gasteiger partial charge on any atom is -0.478 e. The second-order valence-electron chi connectivity index (χ2n) is 6.41. The number of nitrogens with zero attached hydrogens (tertiary/aromatic N) is 4. The summed E-state index contributed by atoms with van der Waals surface area (Å²) in [5, 5.41) is 5.91. The molecule has 1 atom stereocenters. The molecule has 0 aliphatic carbocycles. The van der Waals surface area contributed by atoms with Crippen molar-refractivity contribution in [3.05, 3.63) is 60.2 Å². The van der Waals surface area contributed by atoms with Crippen molar-refractivity contribution in [2.24, 2.45) is 0 Å². The molecule has 0 aliphatic rings. The third kappa shape index (κ3) is 5.28. The highest BCUT2D eigenvalue weighted by atomic mass is 19.1. The van der Waals surface area contributed by atoms with Gasteiger partial charge in [0.05, 0.1) is 0 Å². The minimum absolute atomic E-state index is 0.0482. The summed E-state index contributed by atoms with van der Waals surface area (Å²) in [5.41, 5.74) is 0. The van der Waals surface area contributed by atoms with E-state index in [1.54, 1.807) is 25.3 Å². The molecule has 3 aromatic rings. The zero-order valence-electron chi connectivity index (χ0n) is 16.5. The first-order chi connectivity index (χ1) is 13.9. The summed E-state index contributed by atoms with van der Waals surface area (Å²) >= 11 is 0. The molecule has 0 radical (unpaired) electrons. The van der Waals surface area contributed by atoms with Crippen LogP contribution in [0.5, 0.6) is 5.75 Å². The maximum absolute atomic E-state index is 13.6. The van der Waals surface area contributed by atoms with Gasteiger partial charge in [0.2, 0.25) is 0 Å². The summed E-state index contributed by atoms with van der Waals surface area (Å²) in [6, 6.07) is 7.79. The number of rotatable bonds is 8. The highest BCUT2D eigenvalue weighted by molar-refractivity contribution is 5.80. The number of ether oxygens (including phenoxy) is 1. The number of amides is 1. The molecule has 1 amide bonds. The second kappa shape index (κ2) is 9.13. The van der Waals surface area contributed by atoms with Gasteiger partial charge in [0.15, 0.2) is 17.7 Å². The second-order valence-corrected chi connectivity index (χ2v) is 6.41. The lowest BCUT2D eigenvalue weighted by atomic mass is 10.3. The number of aromatic nitrogens is 4. The summed E-state index contributed by atoms with van der Waals surface area (Å²) < 4.78 is 20.8. The Morgan fingerprint density at radius 2 is 2.03 bits per heavy atom. The van der Waals surface area contributed by atoms with Gasteiger partial charge in [-0.3, -0.25) is 9.36 Å². The smallest absolute Gasteiger partial charge is 0.260 e. The number of imidazole rings is 1. The third-order valence-corrected chi connectivity index (χ3v) is 4.14. The van der Waals surface area contributed by atoms with Crippen LogP contribution in [-0.4, -0.2) is 44.6 Å². The van der Waals surface area contributed by atoms with Crippen LogP contribution in [0.4, 0.5) is 10.2 Å². The minimum atomic E-state index is -0.816. The fraction of sp³-hybridized carbons (Fsp3) is 0.300. The van der Waals surface area contributed by atoms with E-state index in [2.05, 4.69) is 25.6 Å². The molecule has 0 saturated carbocycles. The van der Waals surface area contributed by atoms with Gasteiger partial charge in [-0.1, -0.05) is 12.1 Å². The molecule has 0 spiro atoms. The number of anilines is 1. The van der Waals surface area contributed by atoms with Crippen LogP contribution in [0.3, 0.4) is 0 Å². The van der Waals surface area contributed by atoms with Crippen molar-refractivity contribution in [2.45, 2.75) is 26.9 Å². The first-order valence-electron chi connectivity index (χ1n) is 9.23. The summed E-state index contributed by atoms with van der Waals surface area (Å²) in [6.45, 7) is 6.08. The first-order valence-corrected chi connectivity index (χ1v) is 9.23. The van der Waals surface area contributed by atoms with E-state index in [0.717, 1.165) is 5.82 Å². The van der Waals surface area contributed by atoms with Crippen LogP contribution in [0.25, 0.3) is 5.82 Å². The number of benzene rings is 1. The lowest BCUT2D eigenvalue weighted by molar-refractivity contribution is -0.127. The molecule has 1 aromatic carbocycles. The summed E-state index contributed by atoms with van der Waals surface area (Å²) in [4.78, 5) is 25.1. The predicted octanol–water partition coefficient (Wildman–Crippen LogP) is 2.41. The Bertz CT molecular complexity index is 991. The van der Waals surface area contributed by atoms with Crippen molar-refractivity contribution in [3.8, 4) is 11.6 Å². The van der Waals surface area contributed by atoms with Crippen molar-refractivity contribution in [1.82, 2.24) is 24.8 Å². The van der Waals surface area contributed by atoms with Gasteiger partial charge in [-0.15, -0.1) is 0 Å². The number of carbonyl (C=O) groups is 1. The van der Waals surface area contributed by atoms with Crippen molar-refractivity contribution < 1.29 is 13.9 Å². The lowest BCUT2D eigenvalue weighted by Gasteiger charge is -2.15. The molecule has 0 unspecified atom stereocenters. The standard InChI is InChI=1S/C20H23FN6O2/c1-13(29-17-7-5-4-6-16(17)21)20(28)24-9-8-23-18-12-19(26-14(2)25-18)27-11-10-22-15(27)3/h4-7,10-13H,8-9H2,1-3H3,(H,24,28)(H,23,25,26)/t13-/m0/s1. The molecular weight excluding hydrogens is 375 g/mol. The summed E-state index contributed by atoms with van der Waals surface area (Å²) in [6.07, 6.45) is 2.72. The van der Waals surface area contributed by atoms with E-state index >= 15 is 0 Å². The number of hydrogen-bond acceptors (Lipinski definition) is 6. The molecule has 8 nitrogen and oxygen atoms in total. The molecule has 0 saturated heterocycles. The lowest BCUT2D eigenvalue weighted by Crippen LogP contribution is -2.38. The van der Waals surface area contributed by atoms with Gasteiger partial charge in [0, 0.05) is 31.5 Å². The van der Waals surface area contributed by atoms with E-state index in [-0.39, 0.29) is 11.7 Å². The highest BCUT2D eigenvalue weighted by Crippen LogP contribution is 2.17. The monoisotopic (exact) mass is 398 g/mol. The summed E-state index contributed by atoms with van der Waals surface area (Å²) in [7, 11) is 0. The van der Waals surface area contributed by atoms with Crippen LogP contribution in [0.2, 0.25) is 0 Å². The fourth-order valence-electron chi connectivity index (χ4n) is 2.69. The van der Waals surface area contributed by atoms with Gasteiger partial charge in [-0.25, -0.2) is 19.3 Å². The van der Waals surface area contributed by atoms with Crippen LogP contribution in [0, 0.1) is 19.7 Å². The van der Waals surface area contributed by atoms with Crippen molar-refractivity contribution in [3.63, 3.8) is 0 Å². The van der Waals surface area contributed by atoms with Crippen LogP contribution >= 0.6 is 0 Å². The topological polar surface area (TPSA) is 94.0 Å². The molecule has 0 bridgehead atoms. The van der Waals surface area contributed by atoms with E-state index < -0.39 is 11.9 Å². The van der Waals surface area contributed by atoms with E-state index in [1.165, 1.54) is 12.1 Å². The Morgan fingerprint density at radius 1 is 1.24 bits per heavy atom. The maximum Gasteiger partial charge on any atom is 0.260 e. The molecule has 29 heavy (non-hydrogen) atoms. The van der Waals surface area contributed by atoms with Crippen LogP contribution in [0.15, 0.2) is 42.7 Å². The average Bonchev–Trinajstić information content (AvgIpc) is 3.12. The number of hydrogen-bond donors (Lipinski definition) is 2. The van der Waals surface area contributed by atoms with Gasteiger partial charge in [0.1, 0.15) is 23.3 Å². The number of aryl methyl sites for hydroxylation is 2. The molecule has 0 aliphatic heterocycles. The number of carbonyl (C=O) groups excluding carboxylic acids is 1. The molecule has 3 rings (SSSR count). The molecule has 9 heteroatoms. The van der Waals surface area contributed by atoms with E-state index in [0.29, 0.717) is 30.5 Å². The number of para-hydroxylation sites is 1. The highest BCUT2D eigenvalue weighted by Gasteiger charge is 2.15. The first kappa shape index (κ1) is 20.2. The van der Waals surface area contributed by atoms with Crippen LogP contribution in [-0.2, 0) is 4.79 Å². The number of nitrogens with one attached hydrogen (secondary N) is 2. The molecule has 0 fully saturated rings. The van der Waals surface area contributed by atoms with E-state index in [4.69, 9.17) is 4.74 Å². The maximum atomic E-state index is 13.6. The van der Waals surface area contributed by atoms with E-state index in [1.807, 2.05) is 30.7 Å². The van der Waals surface area contributed by atoms with Crippen LogP contribution < -0.4 is 15.4 Å². The Morgan fingerprint density at radius 3 is 2.76 bits per heavy atom. The Balaban J connectivity index is 1.50. The van der Waals surface area contributed by atoms with Gasteiger partial charge >= 0.3 is 0 Å². The van der Waals surface area contributed by atoms with Crippen molar-refractivity contribution in [2.75, 3.05) is 18.4 Å². The molecule has 2 aromatic heterocycles. The van der Waals surface area contributed by atoms with Crippen molar-refractivity contribution in [1.29, 1.82) is 0 Å². The Hall–Kier alpha value is -3.49. The molecule has 2 N–H and O–H groups in total. The fourth-order valence-corrected chi connectivity index (χ4v) is 2.69. The molecule has 2 heterocycles. The zero-order chi connectivity index (χ0) is 20.8. The molecular formula is C20H23FN6O2. The normalized spacial score (nSPS) is 11.7. The average molecular weight is 398 g/mol. The predicted molar refractivity (Wildman–Crippen MR) is 107 cm³/mol. The van der Waals surface area contributed by atoms with Gasteiger partial charge in [0.25, 0.3) is 5.91 Å². The van der Waals surface area contributed by atoms with E-state index in [9.17, 15) is 9.18 Å². The Kier molecular flexibility index (Phi) is 6.38. The SMILES string of the molecule is Cc1nc(NCCNC(=O)[C@H](C)Oc2ccccc2F)cc(-n2ccnc2C)n1.